The van der Waals surface area contributed by atoms with Gasteiger partial charge in [-0.25, -0.2) is 14.0 Å². The van der Waals surface area contributed by atoms with E-state index in [4.69, 9.17) is 37.4 Å². The van der Waals surface area contributed by atoms with Crippen LogP contribution in [-0.4, -0.2) is 74.8 Å². The van der Waals surface area contributed by atoms with Crippen molar-refractivity contribution in [2.45, 2.75) is 44.7 Å². The van der Waals surface area contributed by atoms with Gasteiger partial charge in [0.05, 0.1) is 40.8 Å². The smallest absolute Gasteiger partial charge is 0.350 e. The van der Waals surface area contributed by atoms with E-state index in [-0.39, 0.29) is 24.4 Å². The maximum atomic E-state index is 12.8. The van der Waals surface area contributed by atoms with Gasteiger partial charge in [-0.2, -0.15) is 20.1 Å². The molecule has 2 aliphatic heterocycles. The fourth-order valence-corrected chi connectivity index (χ4v) is 6.47. The van der Waals surface area contributed by atoms with Gasteiger partial charge in [-0.15, -0.1) is 0 Å². The van der Waals surface area contributed by atoms with E-state index < -0.39 is 5.79 Å². The molecular weight excluding hydrogens is 667 g/mol. The molecule has 12 nitrogen and oxygen atoms in total. The van der Waals surface area contributed by atoms with Gasteiger partial charge in [-0.1, -0.05) is 36.2 Å². The highest BCUT2D eigenvalue weighted by Crippen LogP contribution is 2.38. The Labute approximate surface area is 294 Å². The molecular formula is C35H38Cl2N8O4. The number of hydrogen-bond acceptors (Lipinski definition) is 9. The lowest BCUT2D eigenvalue weighted by molar-refractivity contribution is -0.192. The predicted octanol–water partition coefficient (Wildman–Crippen LogP) is 5.58. The third kappa shape index (κ3) is 7.04. The van der Waals surface area contributed by atoms with Gasteiger partial charge >= 0.3 is 5.69 Å². The molecule has 0 radical (unpaired) electrons. The average molecular weight is 706 g/mol. The van der Waals surface area contributed by atoms with E-state index in [1.807, 2.05) is 44.2 Å². The summed E-state index contributed by atoms with van der Waals surface area (Å²) in [5.41, 5.74) is 3.70. The van der Waals surface area contributed by atoms with E-state index in [1.165, 1.54) is 9.48 Å². The van der Waals surface area contributed by atoms with Crippen LogP contribution in [0, 0.1) is 0 Å². The van der Waals surface area contributed by atoms with E-state index in [9.17, 15) is 4.79 Å². The quantitative estimate of drug-likeness (QED) is 0.174. The summed E-state index contributed by atoms with van der Waals surface area (Å²) in [5, 5.41) is 13.6. The van der Waals surface area contributed by atoms with E-state index in [0.717, 1.165) is 61.0 Å². The van der Waals surface area contributed by atoms with Gasteiger partial charge in [-0.3, -0.25) is 0 Å². The third-order valence-electron chi connectivity index (χ3n) is 9.15. The van der Waals surface area contributed by atoms with Crippen molar-refractivity contribution in [1.29, 1.82) is 0 Å². The average Bonchev–Trinajstić information content (AvgIpc) is 3.90. The van der Waals surface area contributed by atoms with Crippen molar-refractivity contribution in [3.05, 3.63) is 112 Å². The first kappa shape index (κ1) is 33.2. The molecule has 2 aliphatic rings. The number of halogens is 2. The van der Waals surface area contributed by atoms with E-state index >= 15 is 0 Å². The highest BCUT2D eigenvalue weighted by Gasteiger charge is 2.45. The molecule has 0 spiro atoms. The maximum absolute atomic E-state index is 12.8. The number of ether oxygens (including phenoxy) is 3. The van der Waals surface area contributed by atoms with E-state index in [2.05, 4.69) is 49.4 Å². The van der Waals surface area contributed by atoms with Crippen LogP contribution in [0.5, 0.6) is 5.75 Å². The lowest BCUT2D eigenvalue weighted by atomic mass is 10.1. The van der Waals surface area contributed by atoms with Crippen LogP contribution in [0.15, 0.2) is 90.2 Å². The first-order valence-electron chi connectivity index (χ1n) is 16.4. The number of rotatable bonds is 11. The maximum Gasteiger partial charge on any atom is 0.350 e. The summed E-state index contributed by atoms with van der Waals surface area (Å²) < 4.78 is 22.0. The summed E-state index contributed by atoms with van der Waals surface area (Å²) in [6.45, 7) is 8.47. The molecule has 3 unspecified atom stereocenters. The van der Waals surface area contributed by atoms with Crippen molar-refractivity contribution in [3.63, 3.8) is 0 Å². The predicted molar refractivity (Wildman–Crippen MR) is 188 cm³/mol. The second kappa shape index (κ2) is 14.2. The Morgan fingerprint density at radius 1 is 0.878 bits per heavy atom. The second-order valence-corrected chi connectivity index (χ2v) is 13.1. The van der Waals surface area contributed by atoms with Gasteiger partial charge in [0.2, 0.25) is 5.79 Å². The number of nitrogens with zero attached hydrogens (tertiary/aromatic N) is 8. The molecule has 0 aliphatic carbocycles. The van der Waals surface area contributed by atoms with Crippen LogP contribution in [0.3, 0.4) is 0 Å². The molecule has 256 valence electrons. The number of piperazine rings is 1. The van der Waals surface area contributed by atoms with Crippen molar-refractivity contribution >= 4 is 34.6 Å². The van der Waals surface area contributed by atoms with Crippen LogP contribution in [0.1, 0.15) is 31.9 Å². The monoisotopic (exact) mass is 704 g/mol. The summed E-state index contributed by atoms with van der Waals surface area (Å²) >= 11 is 12.5. The van der Waals surface area contributed by atoms with Gasteiger partial charge < -0.3 is 24.0 Å². The zero-order valence-corrected chi connectivity index (χ0v) is 28.9. The number of anilines is 2. The molecule has 2 aromatic heterocycles. The first-order chi connectivity index (χ1) is 23.8. The Bertz CT molecular complexity index is 1910. The molecule has 5 aromatic rings. The lowest BCUT2D eigenvalue weighted by Gasteiger charge is -2.37. The zero-order chi connectivity index (χ0) is 34.0. The van der Waals surface area contributed by atoms with E-state index in [1.54, 1.807) is 35.4 Å². The molecule has 14 heteroatoms. The molecule has 49 heavy (non-hydrogen) atoms. The highest BCUT2D eigenvalue weighted by atomic mass is 35.5. The molecule has 3 atom stereocenters. The van der Waals surface area contributed by atoms with Crippen LogP contribution >= 0.6 is 23.2 Å². The molecule has 2 saturated heterocycles. The number of benzene rings is 3. The summed E-state index contributed by atoms with van der Waals surface area (Å²) in [5.74, 6) is -0.382. The normalized spacial score (nSPS) is 20.1. The van der Waals surface area contributed by atoms with Crippen LogP contribution in [0.25, 0.3) is 5.69 Å². The summed E-state index contributed by atoms with van der Waals surface area (Å²) in [6, 6.07) is 21.7. The van der Waals surface area contributed by atoms with Crippen molar-refractivity contribution in [2.75, 3.05) is 49.2 Å². The lowest BCUT2D eigenvalue weighted by Crippen LogP contribution is -2.46. The Balaban J connectivity index is 0.923. The fraction of sp³-hybridized carbons (Fsp3) is 0.371. The van der Waals surface area contributed by atoms with E-state index in [0.29, 0.717) is 23.3 Å². The largest absolute Gasteiger partial charge is 0.491 e. The molecule has 0 bridgehead atoms. The van der Waals surface area contributed by atoms with Crippen molar-refractivity contribution in [2.24, 2.45) is 0 Å². The van der Waals surface area contributed by atoms with Crippen LogP contribution in [0.2, 0.25) is 10.0 Å². The summed E-state index contributed by atoms with van der Waals surface area (Å²) in [6.07, 6.45) is 5.34. The zero-order valence-electron chi connectivity index (χ0n) is 27.4. The van der Waals surface area contributed by atoms with Crippen molar-refractivity contribution < 1.29 is 14.2 Å². The fourth-order valence-electron chi connectivity index (χ4n) is 6.17. The Morgan fingerprint density at radius 2 is 1.51 bits per heavy atom. The number of aromatic nitrogens is 6. The molecule has 7 rings (SSSR count). The Hall–Kier alpha value is -4.36. The summed E-state index contributed by atoms with van der Waals surface area (Å²) in [4.78, 5) is 19.1. The first-order valence-corrected chi connectivity index (χ1v) is 17.2. The van der Waals surface area contributed by atoms with Crippen molar-refractivity contribution in [3.8, 4) is 11.4 Å². The molecule has 0 saturated carbocycles. The van der Waals surface area contributed by atoms with Gasteiger partial charge in [0.15, 0.2) is 0 Å². The SMILES string of the molecule is CCC(C)n1ncn(-c2ccc(N3CCN(c4ccc(OCC5COC(Cn6nccn6)(c6ccc(Cl)c(Cl)c6)O5)cc4)CC3)cc2)c1=O. The number of hydrogen-bond donors (Lipinski definition) is 0. The van der Waals surface area contributed by atoms with Crippen LogP contribution in [0.4, 0.5) is 11.4 Å². The van der Waals surface area contributed by atoms with Gasteiger partial charge in [0.25, 0.3) is 0 Å². The van der Waals surface area contributed by atoms with Gasteiger partial charge in [0, 0.05) is 43.1 Å². The van der Waals surface area contributed by atoms with Crippen LogP contribution < -0.4 is 20.2 Å². The molecule has 4 heterocycles. The molecule has 2 fully saturated rings. The molecule has 0 N–H and O–H groups in total. The van der Waals surface area contributed by atoms with Gasteiger partial charge in [0.1, 0.15) is 31.3 Å². The molecule has 0 amide bonds. The third-order valence-corrected chi connectivity index (χ3v) is 9.89. The topological polar surface area (TPSA) is 105 Å². The van der Waals surface area contributed by atoms with Crippen LogP contribution in [-0.2, 0) is 21.8 Å². The van der Waals surface area contributed by atoms with Gasteiger partial charge in [-0.05, 0) is 74.0 Å². The Morgan fingerprint density at radius 3 is 2.14 bits per heavy atom. The highest BCUT2D eigenvalue weighted by molar-refractivity contribution is 6.42. The minimum atomic E-state index is -1.13. The second-order valence-electron chi connectivity index (χ2n) is 12.3. The minimum absolute atomic E-state index is 0.0647. The molecule has 3 aromatic carbocycles. The Kier molecular flexibility index (Phi) is 9.64. The van der Waals surface area contributed by atoms with Crippen molar-refractivity contribution in [1.82, 2.24) is 29.3 Å². The summed E-state index contributed by atoms with van der Waals surface area (Å²) in [7, 11) is 0. The standard InChI is InChI=1S/C35H38Cl2N8O4/c1-3-25(2)45-34(46)43(24-40-45)29-7-5-27(6-8-29)41-16-18-42(19-17-41)28-9-11-30(12-10-28)47-21-31-22-48-35(49-31,23-44-38-14-15-39-44)26-4-13-32(36)33(37)20-26/h4-15,20,24-25,31H,3,16-19,21-23H2,1-2H3. The minimum Gasteiger partial charge on any atom is -0.491 e.